The van der Waals surface area contributed by atoms with Gasteiger partial charge in [0.1, 0.15) is 5.82 Å². The minimum Gasteiger partial charge on any atom is -0.380 e. The molecular weight excluding hydrogens is 310 g/mol. The molecule has 0 bridgehead atoms. The zero-order valence-corrected chi connectivity index (χ0v) is 15.4. The summed E-state index contributed by atoms with van der Waals surface area (Å²) in [7, 11) is 1.75. The van der Waals surface area contributed by atoms with Gasteiger partial charge < -0.3 is 9.64 Å². The number of methoxy groups -OCH3 is 1. The molecule has 0 amide bonds. The first-order valence-electron chi connectivity index (χ1n) is 9.27. The third-order valence-corrected chi connectivity index (χ3v) is 5.03. The van der Waals surface area contributed by atoms with Crippen LogP contribution in [0.15, 0.2) is 48.7 Å². The molecule has 1 saturated heterocycles. The fourth-order valence-electron chi connectivity index (χ4n) is 3.77. The summed E-state index contributed by atoms with van der Waals surface area (Å²) in [6.07, 6.45) is 4.26. The minimum absolute atomic E-state index is 0.558. The van der Waals surface area contributed by atoms with Crippen LogP contribution in [0.2, 0.25) is 0 Å². The van der Waals surface area contributed by atoms with Gasteiger partial charge in [-0.05, 0) is 31.4 Å². The summed E-state index contributed by atoms with van der Waals surface area (Å²) in [5, 5.41) is 0. The van der Waals surface area contributed by atoms with Gasteiger partial charge in [-0.2, -0.15) is 0 Å². The van der Waals surface area contributed by atoms with E-state index in [-0.39, 0.29) is 0 Å². The molecule has 2 aromatic rings. The van der Waals surface area contributed by atoms with E-state index in [9.17, 15) is 0 Å². The molecular formula is C21H29N3O. The zero-order chi connectivity index (χ0) is 17.5. The summed E-state index contributed by atoms with van der Waals surface area (Å²) in [4.78, 5) is 9.69. The molecule has 1 aromatic carbocycles. The SMILES string of the molecule is CCN(c1ncccc1COC)C1CCN(Cc2ccccc2)CC1. The van der Waals surface area contributed by atoms with Crippen molar-refractivity contribution in [1.82, 2.24) is 9.88 Å². The Labute approximate surface area is 151 Å². The van der Waals surface area contributed by atoms with E-state index >= 15 is 0 Å². The largest absolute Gasteiger partial charge is 0.380 e. The lowest BCUT2D eigenvalue weighted by molar-refractivity contribution is 0.183. The summed E-state index contributed by atoms with van der Waals surface area (Å²) >= 11 is 0. The lowest BCUT2D eigenvalue weighted by atomic mass is 10.0. The number of pyridine rings is 1. The van der Waals surface area contributed by atoms with Crippen molar-refractivity contribution < 1.29 is 4.74 Å². The molecule has 3 rings (SSSR count). The van der Waals surface area contributed by atoms with Gasteiger partial charge in [0.25, 0.3) is 0 Å². The van der Waals surface area contributed by atoms with Gasteiger partial charge in [0, 0.05) is 51.1 Å². The molecule has 1 aromatic heterocycles. The van der Waals surface area contributed by atoms with Gasteiger partial charge in [0.15, 0.2) is 0 Å². The highest BCUT2D eigenvalue weighted by Gasteiger charge is 2.25. The lowest BCUT2D eigenvalue weighted by Gasteiger charge is -2.39. The van der Waals surface area contributed by atoms with E-state index in [1.165, 1.54) is 24.0 Å². The Morgan fingerprint density at radius 2 is 1.88 bits per heavy atom. The van der Waals surface area contributed by atoms with Crippen molar-refractivity contribution in [3.63, 3.8) is 0 Å². The Morgan fingerprint density at radius 3 is 2.56 bits per heavy atom. The zero-order valence-electron chi connectivity index (χ0n) is 15.4. The number of nitrogens with zero attached hydrogens (tertiary/aromatic N) is 3. The molecule has 0 unspecified atom stereocenters. The standard InChI is InChI=1S/C21H29N3O/c1-3-24(21-19(17-25-2)10-7-13-22-21)20-11-14-23(15-12-20)16-18-8-5-4-6-9-18/h4-10,13,20H,3,11-12,14-17H2,1-2H3. The molecule has 1 aliphatic rings. The summed E-state index contributed by atoms with van der Waals surface area (Å²) < 4.78 is 5.36. The van der Waals surface area contributed by atoms with Crippen LogP contribution >= 0.6 is 0 Å². The van der Waals surface area contributed by atoms with E-state index in [0.717, 1.165) is 32.0 Å². The third-order valence-electron chi connectivity index (χ3n) is 5.03. The van der Waals surface area contributed by atoms with Crippen LogP contribution in [-0.2, 0) is 17.9 Å². The van der Waals surface area contributed by atoms with Gasteiger partial charge in [-0.1, -0.05) is 36.4 Å². The fourth-order valence-corrected chi connectivity index (χ4v) is 3.77. The highest BCUT2D eigenvalue weighted by Crippen LogP contribution is 2.26. The number of hydrogen-bond donors (Lipinski definition) is 0. The number of ether oxygens (including phenoxy) is 1. The maximum atomic E-state index is 5.36. The summed E-state index contributed by atoms with van der Waals surface area (Å²) in [6, 6.07) is 15.4. The van der Waals surface area contributed by atoms with Crippen molar-refractivity contribution in [2.24, 2.45) is 0 Å². The minimum atomic E-state index is 0.558. The van der Waals surface area contributed by atoms with Crippen LogP contribution in [-0.4, -0.2) is 42.7 Å². The van der Waals surface area contributed by atoms with Crippen LogP contribution in [0.4, 0.5) is 5.82 Å². The molecule has 4 nitrogen and oxygen atoms in total. The van der Waals surface area contributed by atoms with Gasteiger partial charge in [0.05, 0.1) is 6.61 Å². The number of piperidine rings is 1. The molecule has 0 atom stereocenters. The Kier molecular flexibility index (Phi) is 6.42. The number of anilines is 1. The van der Waals surface area contributed by atoms with Crippen molar-refractivity contribution in [3.8, 4) is 0 Å². The van der Waals surface area contributed by atoms with Gasteiger partial charge in [-0.25, -0.2) is 4.98 Å². The Balaban J connectivity index is 1.63. The summed E-state index contributed by atoms with van der Waals surface area (Å²) in [5.41, 5.74) is 2.58. The number of aromatic nitrogens is 1. The average Bonchev–Trinajstić information content (AvgIpc) is 2.66. The molecule has 0 radical (unpaired) electrons. The van der Waals surface area contributed by atoms with Crippen molar-refractivity contribution in [1.29, 1.82) is 0 Å². The van der Waals surface area contributed by atoms with Gasteiger partial charge >= 0.3 is 0 Å². The Hall–Kier alpha value is -1.91. The molecule has 1 fully saturated rings. The van der Waals surface area contributed by atoms with Crippen LogP contribution in [0, 0.1) is 0 Å². The monoisotopic (exact) mass is 339 g/mol. The topological polar surface area (TPSA) is 28.6 Å². The maximum absolute atomic E-state index is 5.36. The Morgan fingerprint density at radius 1 is 1.12 bits per heavy atom. The molecule has 4 heteroatoms. The van der Waals surface area contributed by atoms with Crippen molar-refractivity contribution >= 4 is 5.82 Å². The predicted molar refractivity (Wildman–Crippen MR) is 103 cm³/mol. The number of hydrogen-bond acceptors (Lipinski definition) is 4. The smallest absolute Gasteiger partial charge is 0.134 e. The van der Waals surface area contributed by atoms with Gasteiger partial charge in [0.2, 0.25) is 0 Å². The first-order valence-corrected chi connectivity index (χ1v) is 9.27. The lowest BCUT2D eigenvalue weighted by Crippen LogP contribution is -2.45. The van der Waals surface area contributed by atoms with Gasteiger partial charge in [-0.3, -0.25) is 4.90 Å². The second-order valence-electron chi connectivity index (χ2n) is 6.70. The second-order valence-corrected chi connectivity index (χ2v) is 6.70. The quantitative estimate of drug-likeness (QED) is 0.769. The highest BCUT2D eigenvalue weighted by atomic mass is 16.5. The summed E-state index contributed by atoms with van der Waals surface area (Å²) in [6.45, 7) is 7.16. The number of rotatable bonds is 7. The van der Waals surface area contributed by atoms with Crippen molar-refractivity contribution in [2.75, 3.05) is 31.6 Å². The maximum Gasteiger partial charge on any atom is 0.134 e. The van der Waals surface area contributed by atoms with Crippen LogP contribution in [0.25, 0.3) is 0 Å². The molecule has 134 valence electrons. The molecule has 0 aliphatic carbocycles. The molecule has 0 spiro atoms. The molecule has 2 heterocycles. The first-order chi connectivity index (χ1) is 12.3. The average molecular weight is 339 g/mol. The first kappa shape index (κ1) is 17.9. The van der Waals surface area contributed by atoms with Crippen LogP contribution in [0.5, 0.6) is 0 Å². The molecule has 1 aliphatic heterocycles. The van der Waals surface area contributed by atoms with E-state index in [1.807, 2.05) is 12.3 Å². The highest BCUT2D eigenvalue weighted by molar-refractivity contribution is 5.47. The van der Waals surface area contributed by atoms with Crippen LogP contribution in [0.3, 0.4) is 0 Å². The van der Waals surface area contributed by atoms with Crippen LogP contribution in [0.1, 0.15) is 30.9 Å². The van der Waals surface area contributed by atoms with E-state index in [4.69, 9.17) is 4.74 Å². The van der Waals surface area contributed by atoms with E-state index < -0.39 is 0 Å². The third kappa shape index (κ3) is 4.59. The second kappa shape index (κ2) is 8.97. The normalized spacial score (nSPS) is 16.1. The van der Waals surface area contributed by atoms with E-state index in [2.05, 4.69) is 58.1 Å². The number of likely N-dealkylation sites (tertiary alicyclic amines) is 1. The van der Waals surface area contributed by atoms with Crippen LogP contribution < -0.4 is 4.90 Å². The molecule has 0 saturated carbocycles. The van der Waals surface area contributed by atoms with Gasteiger partial charge in [-0.15, -0.1) is 0 Å². The van der Waals surface area contributed by atoms with E-state index in [1.54, 1.807) is 7.11 Å². The Bertz CT molecular complexity index is 639. The van der Waals surface area contributed by atoms with Crippen molar-refractivity contribution in [3.05, 3.63) is 59.8 Å². The van der Waals surface area contributed by atoms with E-state index in [0.29, 0.717) is 12.6 Å². The predicted octanol–water partition coefficient (Wildman–Crippen LogP) is 3.72. The fraction of sp³-hybridized carbons (Fsp3) is 0.476. The summed E-state index contributed by atoms with van der Waals surface area (Å²) in [5.74, 6) is 1.09. The molecule has 0 N–H and O–H groups in total. The number of benzene rings is 1. The van der Waals surface area contributed by atoms with Crippen molar-refractivity contribution in [2.45, 2.75) is 39.0 Å². The molecule has 25 heavy (non-hydrogen) atoms.